The maximum absolute atomic E-state index is 9.16. The van der Waals surface area contributed by atoms with Gasteiger partial charge >= 0.3 is 0 Å². The molecule has 1 rings (SSSR count). The average molecular weight is 132 g/mol. The molecule has 0 aromatic carbocycles. The van der Waals surface area contributed by atoms with Crippen molar-refractivity contribution in [3.63, 3.8) is 0 Å². The lowest BCUT2D eigenvalue weighted by Crippen LogP contribution is -2.39. The van der Waals surface area contributed by atoms with Crippen molar-refractivity contribution in [3.8, 4) is 0 Å². The average Bonchev–Trinajstić information content (AvgIpc) is 2.15. The van der Waals surface area contributed by atoms with E-state index in [0.717, 1.165) is 0 Å². The molecular weight excluding hydrogens is 120 g/mol. The van der Waals surface area contributed by atoms with Crippen molar-refractivity contribution in [1.29, 1.82) is 0 Å². The molecule has 3 heteroatoms. The summed E-state index contributed by atoms with van der Waals surface area (Å²) in [5.41, 5.74) is -0.694. The molecule has 2 unspecified atom stereocenters. The van der Waals surface area contributed by atoms with Gasteiger partial charge in [0.05, 0.1) is 19.3 Å². The van der Waals surface area contributed by atoms with E-state index in [1.165, 1.54) is 0 Å². The quantitative estimate of drug-likeness (QED) is 0.506. The van der Waals surface area contributed by atoms with E-state index in [1.807, 2.05) is 0 Å². The Bertz CT molecular complexity index is 104. The zero-order chi connectivity index (χ0) is 6.91. The second-order valence-electron chi connectivity index (χ2n) is 2.62. The zero-order valence-corrected chi connectivity index (χ0v) is 5.50. The van der Waals surface area contributed by atoms with Gasteiger partial charge in [-0.3, -0.25) is 0 Å². The summed E-state index contributed by atoms with van der Waals surface area (Å²) < 4.78 is 5.10. The Kier molecular flexibility index (Phi) is 1.75. The van der Waals surface area contributed by atoms with Gasteiger partial charge in [-0.15, -0.1) is 0 Å². The van der Waals surface area contributed by atoms with Crippen LogP contribution in [0.4, 0.5) is 0 Å². The summed E-state index contributed by atoms with van der Waals surface area (Å²) in [6.45, 7) is 2.16. The normalized spacial score (nSPS) is 43.7. The first-order valence-electron chi connectivity index (χ1n) is 3.12. The molecule has 9 heavy (non-hydrogen) atoms. The van der Waals surface area contributed by atoms with Crippen LogP contribution in [0.1, 0.15) is 13.3 Å². The molecule has 0 bridgehead atoms. The highest BCUT2D eigenvalue weighted by Gasteiger charge is 2.38. The van der Waals surface area contributed by atoms with Crippen LogP contribution in [0.15, 0.2) is 0 Å². The van der Waals surface area contributed by atoms with Gasteiger partial charge in [-0.1, -0.05) is 0 Å². The molecule has 1 saturated heterocycles. The van der Waals surface area contributed by atoms with Crippen LogP contribution in [0.3, 0.4) is 0 Å². The molecule has 0 amide bonds. The second kappa shape index (κ2) is 2.25. The van der Waals surface area contributed by atoms with E-state index < -0.39 is 11.7 Å². The third-order valence-electron chi connectivity index (χ3n) is 1.84. The Morgan fingerprint density at radius 2 is 2.44 bits per heavy atom. The van der Waals surface area contributed by atoms with E-state index in [-0.39, 0.29) is 6.61 Å². The molecule has 0 saturated carbocycles. The van der Waals surface area contributed by atoms with Crippen molar-refractivity contribution < 1.29 is 14.9 Å². The highest BCUT2D eigenvalue weighted by molar-refractivity contribution is 4.87. The van der Waals surface area contributed by atoms with E-state index in [9.17, 15) is 0 Å². The van der Waals surface area contributed by atoms with Crippen molar-refractivity contribution in [2.24, 2.45) is 0 Å². The lowest BCUT2D eigenvalue weighted by molar-refractivity contribution is -0.0766. The molecule has 54 valence electrons. The number of hydrogen-bond donors (Lipinski definition) is 2. The van der Waals surface area contributed by atoms with Crippen molar-refractivity contribution in [2.45, 2.75) is 25.0 Å². The summed E-state index contributed by atoms with van der Waals surface area (Å²) in [6, 6.07) is 0. The van der Waals surface area contributed by atoms with Crippen LogP contribution in [0, 0.1) is 0 Å². The Morgan fingerprint density at radius 3 is 2.67 bits per heavy atom. The minimum Gasteiger partial charge on any atom is -0.393 e. The number of aliphatic hydroxyl groups is 2. The molecule has 0 spiro atoms. The summed E-state index contributed by atoms with van der Waals surface area (Å²) in [5.74, 6) is 0. The number of aliphatic hydroxyl groups excluding tert-OH is 2. The van der Waals surface area contributed by atoms with Crippen LogP contribution in [-0.2, 0) is 4.74 Å². The van der Waals surface area contributed by atoms with Gasteiger partial charge in [-0.25, -0.2) is 0 Å². The first-order chi connectivity index (χ1) is 4.19. The molecule has 1 fully saturated rings. The summed E-state index contributed by atoms with van der Waals surface area (Å²) >= 11 is 0. The van der Waals surface area contributed by atoms with Gasteiger partial charge in [0.1, 0.15) is 5.60 Å². The van der Waals surface area contributed by atoms with Crippen LogP contribution in [0.25, 0.3) is 0 Å². The minimum atomic E-state index is -0.694. The van der Waals surface area contributed by atoms with E-state index >= 15 is 0 Å². The number of rotatable bonds is 1. The minimum absolute atomic E-state index is 0.103. The topological polar surface area (TPSA) is 49.7 Å². The van der Waals surface area contributed by atoms with Crippen LogP contribution >= 0.6 is 0 Å². The van der Waals surface area contributed by atoms with E-state index in [2.05, 4.69) is 0 Å². The predicted octanol–water partition coefficient (Wildman–Crippen LogP) is -0.481. The van der Waals surface area contributed by atoms with Crippen molar-refractivity contribution in [1.82, 2.24) is 0 Å². The zero-order valence-electron chi connectivity index (χ0n) is 5.50. The Morgan fingerprint density at radius 1 is 1.78 bits per heavy atom. The fourth-order valence-electron chi connectivity index (χ4n) is 0.956. The van der Waals surface area contributed by atoms with Crippen molar-refractivity contribution in [3.05, 3.63) is 0 Å². The molecule has 0 aromatic heterocycles. The van der Waals surface area contributed by atoms with Gasteiger partial charge in [0.2, 0.25) is 0 Å². The van der Waals surface area contributed by atoms with Gasteiger partial charge in [0.15, 0.2) is 0 Å². The summed E-state index contributed by atoms with van der Waals surface area (Å²) in [6.07, 6.45) is 0.138. The predicted molar refractivity (Wildman–Crippen MR) is 32.1 cm³/mol. The second-order valence-corrected chi connectivity index (χ2v) is 2.62. The third-order valence-corrected chi connectivity index (χ3v) is 1.84. The van der Waals surface area contributed by atoms with Gasteiger partial charge < -0.3 is 14.9 Å². The molecular formula is C6H12O3. The first kappa shape index (κ1) is 6.99. The van der Waals surface area contributed by atoms with Crippen LogP contribution in [-0.4, -0.2) is 35.1 Å². The molecule has 0 aliphatic carbocycles. The van der Waals surface area contributed by atoms with Gasteiger partial charge in [0.25, 0.3) is 0 Å². The molecule has 3 nitrogen and oxygen atoms in total. The number of hydrogen-bond acceptors (Lipinski definition) is 3. The maximum Gasteiger partial charge on any atom is 0.114 e. The standard InChI is InChI=1S/C6H12O3/c1-6(4-7)5(8)2-3-9-6/h5,7-8H,2-4H2,1H3. The molecule has 1 aliphatic rings. The number of ether oxygens (including phenoxy) is 1. The van der Waals surface area contributed by atoms with Crippen LogP contribution in [0.5, 0.6) is 0 Å². The molecule has 2 N–H and O–H groups in total. The van der Waals surface area contributed by atoms with Crippen molar-refractivity contribution in [2.75, 3.05) is 13.2 Å². The lowest BCUT2D eigenvalue weighted by atomic mass is 10.0. The summed E-state index contributed by atoms with van der Waals surface area (Å²) in [4.78, 5) is 0. The summed E-state index contributed by atoms with van der Waals surface area (Å²) in [5, 5.41) is 17.9. The van der Waals surface area contributed by atoms with Gasteiger partial charge in [-0.05, 0) is 13.3 Å². The van der Waals surface area contributed by atoms with Crippen LogP contribution in [0.2, 0.25) is 0 Å². The molecule has 0 aromatic rings. The Hall–Kier alpha value is -0.120. The van der Waals surface area contributed by atoms with Gasteiger partial charge in [-0.2, -0.15) is 0 Å². The van der Waals surface area contributed by atoms with Gasteiger partial charge in [0, 0.05) is 0 Å². The highest BCUT2D eigenvalue weighted by Crippen LogP contribution is 2.24. The SMILES string of the molecule is CC1(CO)OCCC1O. The Balaban J connectivity index is 2.56. The smallest absolute Gasteiger partial charge is 0.114 e. The monoisotopic (exact) mass is 132 g/mol. The third kappa shape index (κ3) is 1.08. The first-order valence-corrected chi connectivity index (χ1v) is 3.12. The molecule has 2 atom stereocenters. The highest BCUT2D eigenvalue weighted by atomic mass is 16.5. The van der Waals surface area contributed by atoms with Crippen LogP contribution < -0.4 is 0 Å². The molecule has 0 radical (unpaired) electrons. The van der Waals surface area contributed by atoms with Crippen molar-refractivity contribution >= 4 is 0 Å². The lowest BCUT2D eigenvalue weighted by Gasteiger charge is -2.23. The summed E-state index contributed by atoms with van der Waals surface area (Å²) in [7, 11) is 0. The molecule has 1 aliphatic heterocycles. The molecule has 1 heterocycles. The largest absolute Gasteiger partial charge is 0.393 e. The fourth-order valence-corrected chi connectivity index (χ4v) is 0.956. The van der Waals surface area contributed by atoms with E-state index in [1.54, 1.807) is 6.92 Å². The fraction of sp³-hybridized carbons (Fsp3) is 1.00. The maximum atomic E-state index is 9.16. The van der Waals surface area contributed by atoms with E-state index in [4.69, 9.17) is 14.9 Å². The Labute approximate surface area is 54.3 Å². The van der Waals surface area contributed by atoms with E-state index in [0.29, 0.717) is 13.0 Å².